The molecule has 1 amide bonds. The van der Waals surface area contributed by atoms with Gasteiger partial charge < -0.3 is 10.2 Å². The molecule has 0 unspecified atom stereocenters. The van der Waals surface area contributed by atoms with Gasteiger partial charge in [-0.05, 0) is 12.1 Å². The molecule has 4 nitrogen and oxygen atoms in total. The minimum atomic E-state index is -4.50. The van der Waals surface area contributed by atoms with Crippen LogP contribution >= 0.6 is 0 Å². The Morgan fingerprint density at radius 1 is 1.36 bits per heavy atom. The molecule has 1 fully saturated rings. The molecule has 0 aliphatic carbocycles. The van der Waals surface area contributed by atoms with Gasteiger partial charge >= 0.3 is 6.18 Å². The van der Waals surface area contributed by atoms with Gasteiger partial charge in [-0.15, -0.1) is 0 Å². The number of piperidine rings is 1. The quantitative estimate of drug-likeness (QED) is 0.871. The van der Waals surface area contributed by atoms with Crippen LogP contribution in [0.5, 0.6) is 0 Å². The Labute approximate surface area is 125 Å². The summed E-state index contributed by atoms with van der Waals surface area (Å²) in [4.78, 5) is 16.1. The van der Waals surface area contributed by atoms with Crippen LogP contribution in [0.25, 0.3) is 0 Å². The van der Waals surface area contributed by atoms with Crippen molar-refractivity contribution in [3.63, 3.8) is 0 Å². The van der Waals surface area contributed by atoms with E-state index in [0.29, 0.717) is 0 Å². The number of aromatic nitrogens is 1. The lowest BCUT2D eigenvalue weighted by Crippen LogP contribution is -2.48. The fourth-order valence-corrected chi connectivity index (χ4v) is 2.35. The highest BCUT2D eigenvalue weighted by Crippen LogP contribution is 2.31. The first-order valence-electron chi connectivity index (χ1n) is 6.92. The Bertz CT molecular complexity index is 539. The van der Waals surface area contributed by atoms with Crippen LogP contribution in [0.4, 0.5) is 23.4 Å². The van der Waals surface area contributed by atoms with Crippen LogP contribution in [0, 0.1) is 0 Å². The van der Waals surface area contributed by atoms with E-state index in [0.717, 1.165) is 6.07 Å². The number of halogens is 4. The predicted molar refractivity (Wildman–Crippen MR) is 73.2 cm³/mol. The van der Waals surface area contributed by atoms with E-state index in [-0.39, 0.29) is 44.2 Å². The fraction of sp³-hybridized carbons (Fsp3) is 0.571. The summed E-state index contributed by atoms with van der Waals surface area (Å²) in [6.07, 6.45) is -4.24. The number of pyridine rings is 1. The maximum atomic E-state index is 14.4. The van der Waals surface area contributed by atoms with E-state index >= 15 is 0 Å². The zero-order valence-electron chi connectivity index (χ0n) is 12.1. The number of carbonyl (C=O) groups is 1. The molecule has 0 bridgehead atoms. The maximum Gasteiger partial charge on any atom is 0.433 e. The number of nitrogens with zero attached hydrogens (tertiary/aromatic N) is 2. The molecule has 22 heavy (non-hydrogen) atoms. The molecule has 0 atom stereocenters. The summed E-state index contributed by atoms with van der Waals surface area (Å²) in [5.74, 6) is -0.115. The van der Waals surface area contributed by atoms with Gasteiger partial charge in [0.05, 0.1) is 6.54 Å². The van der Waals surface area contributed by atoms with Gasteiger partial charge in [0.15, 0.2) is 0 Å². The molecule has 1 saturated heterocycles. The number of nitrogens with one attached hydrogen (secondary N) is 1. The predicted octanol–water partition coefficient (Wildman–Crippen LogP) is 2.55. The van der Waals surface area contributed by atoms with Crippen molar-refractivity contribution in [1.29, 1.82) is 0 Å². The van der Waals surface area contributed by atoms with Crippen molar-refractivity contribution in [2.45, 2.75) is 31.6 Å². The second kappa shape index (κ2) is 6.10. The molecule has 122 valence electrons. The van der Waals surface area contributed by atoms with Crippen LogP contribution in [-0.2, 0) is 11.0 Å². The first-order chi connectivity index (χ1) is 10.2. The van der Waals surface area contributed by atoms with Gasteiger partial charge in [-0.1, -0.05) is 6.07 Å². The Morgan fingerprint density at radius 2 is 2.00 bits per heavy atom. The van der Waals surface area contributed by atoms with Gasteiger partial charge in [0.25, 0.3) is 0 Å². The van der Waals surface area contributed by atoms with Crippen LogP contribution in [0.15, 0.2) is 18.2 Å². The molecule has 1 aliphatic heterocycles. The molecule has 2 rings (SSSR count). The van der Waals surface area contributed by atoms with Crippen LogP contribution in [0.1, 0.15) is 25.5 Å². The number of amides is 1. The number of alkyl halides is 4. The van der Waals surface area contributed by atoms with E-state index < -0.39 is 17.5 Å². The van der Waals surface area contributed by atoms with Crippen molar-refractivity contribution in [2.24, 2.45) is 0 Å². The second-order valence-corrected chi connectivity index (χ2v) is 5.43. The Balaban J connectivity index is 2.01. The molecule has 2 heterocycles. The summed E-state index contributed by atoms with van der Waals surface area (Å²) in [5.41, 5.74) is -2.48. The van der Waals surface area contributed by atoms with Crippen LogP contribution < -0.4 is 10.2 Å². The summed E-state index contributed by atoms with van der Waals surface area (Å²) >= 11 is 0. The number of hydrogen-bond acceptors (Lipinski definition) is 3. The molecule has 1 aromatic heterocycles. The molecular weight excluding hydrogens is 302 g/mol. The van der Waals surface area contributed by atoms with Gasteiger partial charge in [-0.3, -0.25) is 4.79 Å². The zero-order valence-corrected chi connectivity index (χ0v) is 12.1. The van der Waals surface area contributed by atoms with E-state index in [2.05, 4.69) is 10.3 Å². The minimum absolute atomic E-state index is 0.0772. The van der Waals surface area contributed by atoms with Crippen LogP contribution in [0.3, 0.4) is 0 Å². The molecule has 1 aliphatic rings. The van der Waals surface area contributed by atoms with Crippen LogP contribution in [-0.4, -0.2) is 36.2 Å². The molecule has 1 aromatic rings. The highest BCUT2D eigenvalue weighted by molar-refractivity contribution is 5.72. The first-order valence-corrected chi connectivity index (χ1v) is 6.92. The average Bonchev–Trinajstić information content (AvgIpc) is 2.45. The lowest BCUT2D eigenvalue weighted by atomic mass is 9.93. The molecule has 0 saturated carbocycles. The topological polar surface area (TPSA) is 45.2 Å². The SMILES string of the molecule is CC(=O)NCC1(F)CCN(c2cccc(C(F)(F)F)n2)CC1. The van der Waals surface area contributed by atoms with Gasteiger partial charge in [0.1, 0.15) is 17.2 Å². The third kappa shape index (κ3) is 4.08. The van der Waals surface area contributed by atoms with Crippen LogP contribution in [0.2, 0.25) is 0 Å². The molecule has 1 N–H and O–H groups in total. The highest BCUT2D eigenvalue weighted by Gasteiger charge is 2.36. The van der Waals surface area contributed by atoms with E-state index in [1.807, 2.05) is 0 Å². The number of carbonyl (C=O) groups excluding carboxylic acids is 1. The molecule has 8 heteroatoms. The summed E-state index contributed by atoms with van der Waals surface area (Å²) in [5, 5.41) is 2.44. The van der Waals surface area contributed by atoms with Crippen molar-refractivity contribution in [3.05, 3.63) is 23.9 Å². The lowest BCUT2D eigenvalue weighted by molar-refractivity contribution is -0.141. The summed E-state index contributed by atoms with van der Waals surface area (Å²) < 4.78 is 52.4. The average molecular weight is 319 g/mol. The fourth-order valence-electron chi connectivity index (χ4n) is 2.35. The summed E-state index contributed by atoms with van der Waals surface area (Å²) in [7, 11) is 0. The van der Waals surface area contributed by atoms with E-state index in [4.69, 9.17) is 0 Å². The summed E-state index contributed by atoms with van der Waals surface area (Å²) in [6.45, 7) is 1.74. The third-order valence-corrected chi connectivity index (χ3v) is 3.66. The Morgan fingerprint density at radius 3 is 2.55 bits per heavy atom. The molecule has 0 aromatic carbocycles. The lowest BCUT2D eigenvalue weighted by Gasteiger charge is -2.37. The molecule has 0 spiro atoms. The number of anilines is 1. The monoisotopic (exact) mass is 319 g/mol. The normalized spacial score (nSPS) is 18.1. The second-order valence-electron chi connectivity index (χ2n) is 5.43. The Hall–Kier alpha value is -1.86. The smallest absolute Gasteiger partial charge is 0.356 e. The third-order valence-electron chi connectivity index (χ3n) is 3.66. The van der Waals surface area contributed by atoms with Crippen molar-refractivity contribution in [3.8, 4) is 0 Å². The van der Waals surface area contributed by atoms with E-state index in [1.54, 1.807) is 4.90 Å². The standard InChI is InChI=1S/C14H17F4N3O/c1-10(22)19-9-13(15)5-7-21(8-6-13)12-4-2-3-11(20-12)14(16,17)18/h2-4H,5-9H2,1H3,(H,19,22). The highest BCUT2D eigenvalue weighted by atomic mass is 19.4. The Kier molecular flexibility index (Phi) is 4.58. The van der Waals surface area contributed by atoms with Gasteiger partial charge in [0, 0.05) is 32.9 Å². The molecule has 0 radical (unpaired) electrons. The van der Waals surface area contributed by atoms with Gasteiger partial charge in [-0.2, -0.15) is 13.2 Å². The van der Waals surface area contributed by atoms with Crippen molar-refractivity contribution >= 4 is 11.7 Å². The van der Waals surface area contributed by atoms with Gasteiger partial charge in [-0.25, -0.2) is 9.37 Å². The van der Waals surface area contributed by atoms with E-state index in [9.17, 15) is 22.4 Å². The van der Waals surface area contributed by atoms with Crippen molar-refractivity contribution < 1.29 is 22.4 Å². The first kappa shape index (κ1) is 16.5. The maximum absolute atomic E-state index is 14.4. The van der Waals surface area contributed by atoms with Crippen molar-refractivity contribution in [1.82, 2.24) is 10.3 Å². The number of rotatable bonds is 3. The summed E-state index contributed by atoms with van der Waals surface area (Å²) in [6, 6.07) is 3.68. The van der Waals surface area contributed by atoms with E-state index in [1.165, 1.54) is 19.1 Å². The number of hydrogen-bond donors (Lipinski definition) is 1. The molecular formula is C14H17F4N3O. The van der Waals surface area contributed by atoms with Gasteiger partial charge in [0.2, 0.25) is 5.91 Å². The largest absolute Gasteiger partial charge is 0.433 e. The van der Waals surface area contributed by atoms with Crippen molar-refractivity contribution in [2.75, 3.05) is 24.5 Å². The minimum Gasteiger partial charge on any atom is -0.356 e. The zero-order chi connectivity index (χ0) is 16.4.